The average molecular weight is 318 g/mol. The summed E-state index contributed by atoms with van der Waals surface area (Å²) in [6, 6.07) is 7.83. The number of hydrogen-bond acceptors (Lipinski definition) is 4. The van der Waals surface area contributed by atoms with Crippen LogP contribution in [0.15, 0.2) is 24.3 Å². The molecule has 0 aromatic heterocycles. The Hall–Kier alpha value is -1.88. The van der Waals surface area contributed by atoms with Gasteiger partial charge in [0.2, 0.25) is 5.91 Å². The van der Waals surface area contributed by atoms with Crippen LogP contribution in [0.2, 0.25) is 0 Å². The third-order valence-corrected chi connectivity index (χ3v) is 4.29. The topological polar surface area (TPSA) is 49.9 Å². The number of benzene rings is 1. The van der Waals surface area contributed by atoms with Gasteiger partial charge in [-0.2, -0.15) is 0 Å². The van der Waals surface area contributed by atoms with E-state index in [0.29, 0.717) is 25.6 Å². The van der Waals surface area contributed by atoms with Gasteiger partial charge in [-0.25, -0.2) is 0 Å². The number of amides is 1. The van der Waals surface area contributed by atoms with Crippen LogP contribution in [0.4, 0.5) is 5.69 Å². The zero-order valence-electron chi connectivity index (χ0n) is 14.4. The fraction of sp³-hybridized carbons (Fsp3) is 0.556. The molecule has 126 valence electrons. The highest BCUT2D eigenvalue weighted by Gasteiger charge is 2.33. The number of piperazine rings is 1. The minimum atomic E-state index is -0.321. The predicted molar refractivity (Wildman–Crippen MR) is 90.6 cm³/mol. The third-order valence-electron chi connectivity index (χ3n) is 4.29. The van der Waals surface area contributed by atoms with Crippen molar-refractivity contribution in [1.29, 1.82) is 0 Å². The van der Waals surface area contributed by atoms with Gasteiger partial charge in [-0.05, 0) is 37.5 Å². The molecule has 1 aromatic carbocycles. The van der Waals surface area contributed by atoms with Gasteiger partial charge < -0.3 is 9.64 Å². The van der Waals surface area contributed by atoms with Gasteiger partial charge in [0.05, 0.1) is 19.2 Å². The molecule has 0 saturated carbocycles. The molecule has 1 aliphatic heterocycles. The first kappa shape index (κ1) is 17.5. The van der Waals surface area contributed by atoms with Gasteiger partial charge in [0.25, 0.3) is 0 Å². The molecule has 0 bridgehead atoms. The number of rotatable bonds is 5. The molecule has 23 heavy (non-hydrogen) atoms. The fourth-order valence-electron chi connectivity index (χ4n) is 2.80. The van der Waals surface area contributed by atoms with Crippen molar-refractivity contribution >= 4 is 17.6 Å². The number of carbonyl (C=O) groups excluding carboxylic acids is 2. The van der Waals surface area contributed by atoms with E-state index in [1.807, 2.05) is 24.0 Å². The van der Waals surface area contributed by atoms with Gasteiger partial charge in [0, 0.05) is 18.8 Å². The monoisotopic (exact) mass is 318 g/mol. The lowest BCUT2D eigenvalue weighted by atomic mass is 10.0. The summed E-state index contributed by atoms with van der Waals surface area (Å²) in [6.07, 6.45) is 0. The first-order valence-corrected chi connectivity index (χ1v) is 8.25. The zero-order valence-corrected chi connectivity index (χ0v) is 14.4. The molecule has 5 heteroatoms. The largest absolute Gasteiger partial charge is 0.465 e. The summed E-state index contributed by atoms with van der Waals surface area (Å²) in [5.41, 5.74) is 2.18. The highest BCUT2D eigenvalue weighted by Crippen LogP contribution is 2.23. The van der Waals surface area contributed by atoms with E-state index in [9.17, 15) is 9.59 Å². The fourth-order valence-corrected chi connectivity index (χ4v) is 2.80. The molecule has 1 fully saturated rings. The van der Waals surface area contributed by atoms with Crippen molar-refractivity contribution in [1.82, 2.24) is 4.90 Å². The minimum absolute atomic E-state index is 0.0258. The average Bonchev–Trinajstić information content (AvgIpc) is 2.52. The molecule has 1 saturated heterocycles. The second-order valence-electron chi connectivity index (χ2n) is 6.19. The van der Waals surface area contributed by atoms with E-state index in [-0.39, 0.29) is 24.5 Å². The summed E-state index contributed by atoms with van der Waals surface area (Å²) >= 11 is 0. The highest BCUT2D eigenvalue weighted by molar-refractivity contribution is 5.98. The molecule has 0 spiro atoms. The summed E-state index contributed by atoms with van der Waals surface area (Å²) in [5.74, 6) is 0.222. The van der Waals surface area contributed by atoms with E-state index in [0.717, 1.165) is 5.69 Å². The summed E-state index contributed by atoms with van der Waals surface area (Å²) in [7, 11) is 0. The molecular formula is C18H26N2O3. The van der Waals surface area contributed by atoms with Crippen LogP contribution in [0.3, 0.4) is 0 Å². The summed E-state index contributed by atoms with van der Waals surface area (Å²) in [5, 5.41) is 0. The summed E-state index contributed by atoms with van der Waals surface area (Å²) < 4.78 is 4.97. The van der Waals surface area contributed by atoms with Gasteiger partial charge in [-0.3, -0.25) is 14.5 Å². The Balaban J connectivity index is 2.04. The van der Waals surface area contributed by atoms with E-state index in [1.165, 1.54) is 5.56 Å². The van der Waals surface area contributed by atoms with Crippen LogP contribution in [0.5, 0.6) is 0 Å². The Morgan fingerprint density at radius 3 is 2.48 bits per heavy atom. The molecule has 1 amide bonds. The number of nitrogens with zero attached hydrogens (tertiary/aromatic N) is 2. The molecular weight excluding hydrogens is 292 g/mol. The van der Waals surface area contributed by atoms with E-state index in [2.05, 4.69) is 26.0 Å². The second-order valence-corrected chi connectivity index (χ2v) is 6.19. The predicted octanol–water partition coefficient (Wildman–Crippen LogP) is 2.41. The molecule has 5 nitrogen and oxygen atoms in total. The molecule has 0 unspecified atom stereocenters. The van der Waals surface area contributed by atoms with E-state index in [4.69, 9.17) is 4.74 Å². The van der Waals surface area contributed by atoms with Crippen LogP contribution in [-0.2, 0) is 14.3 Å². The van der Waals surface area contributed by atoms with E-state index >= 15 is 0 Å². The maximum absolute atomic E-state index is 12.6. The van der Waals surface area contributed by atoms with Crippen LogP contribution < -0.4 is 4.90 Å². The van der Waals surface area contributed by atoms with Crippen molar-refractivity contribution in [2.45, 2.75) is 39.7 Å². The molecule has 1 aliphatic rings. The Morgan fingerprint density at radius 2 is 1.91 bits per heavy atom. The molecule has 1 atom stereocenters. The van der Waals surface area contributed by atoms with Gasteiger partial charge in [-0.15, -0.1) is 0 Å². The van der Waals surface area contributed by atoms with Crippen LogP contribution in [-0.4, -0.2) is 49.1 Å². The summed E-state index contributed by atoms with van der Waals surface area (Å²) in [6.45, 7) is 9.71. The Kier molecular flexibility index (Phi) is 5.77. The van der Waals surface area contributed by atoms with Crippen molar-refractivity contribution in [2.24, 2.45) is 0 Å². The standard InChI is InChI=1S/C18H26N2O3/c1-5-23-17(21)12-19-10-11-20(18(22)14(19)4)16-8-6-15(7-9-16)13(2)3/h6-9,13-14H,5,10-12H2,1-4H3/t14-/m1/s1. The van der Waals surface area contributed by atoms with Crippen molar-refractivity contribution in [3.8, 4) is 0 Å². The van der Waals surface area contributed by atoms with Crippen molar-refractivity contribution in [2.75, 3.05) is 31.1 Å². The van der Waals surface area contributed by atoms with Gasteiger partial charge >= 0.3 is 5.97 Å². The van der Waals surface area contributed by atoms with Gasteiger partial charge in [0.15, 0.2) is 0 Å². The molecule has 2 rings (SSSR count). The van der Waals surface area contributed by atoms with Crippen LogP contribution in [0.1, 0.15) is 39.2 Å². The molecule has 0 aliphatic carbocycles. The lowest BCUT2D eigenvalue weighted by Gasteiger charge is -2.38. The Labute approximate surface area is 138 Å². The van der Waals surface area contributed by atoms with Crippen molar-refractivity contribution in [3.05, 3.63) is 29.8 Å². The lowest BCUT2D eigenvalue weighted by Crippen LogP contribution is -2.57. The number of hydrogen-bond donors (Lipinski definition) is 0. The van der Waals surface area contributed by atoms with Crippen LogP contribution >= 0.6 is 0 Å². The highest BCUT2D eigenvalue weighted by atomic mass is 16.5. The second kappa shape index (κ2) is 7.59. The van der Waals surface area contributed by atoms with Gasteiger partial charge in [-0.1, -0.05) is 26.0 Å². The number of ether oxygens (including phenoxy) is 1. The van der Waals surface area contributed by atoms with Crippen molar-refractivity contribution < 1.29 is 14.3 Å². The Bertz CT molecular complexity index is 554. The first-order valence-electron chi connectivity index (χ1n) is 8.25. The molecule has 0 N–H and O–H groups in total. The number of anilines is 1. The van der Waals surface area contributed by atoms with Crippen LogP contribution in [0, 0.1) is 0 Å². The van der Waals surface area contributed by atoms with Crippen LogP contribution in [0.25, 0.3) is 0 Å². The van der Waals surface area contributed by atoms with E-state index < -0.39 is 0 Å². The third kappa shape index (κ3) is 4.10. The maximum atomic E-state index is 12.6. The molecule has 1 aromatic rings. The normalized spacial score (nSPS) is 19.3. The SMILES string of the molecule is CCOC(=O)CN1CCN(c2ccc(C(C)C)cc2)C(=O)[C@H]1C. The lowest BCUT2D eigenvalue weighted by molar-refractivity contribution is -0.145. The minimum Gasteiger partial charge on any atom is -0.465 e. The van der Waals surface area contributed by atoms with E-state index in [1.54, 1.807) is 11.8 Å². The first-order chi connectivity index (χ1) is 10.9. The smallest absolute Gasteiger partial charge is 0.320 e. The molecule has 0 radical (unpaired) electrons. The summed E-state index contributed by atoms with van der Waals surface area (Å²) in [4.78, 5) is 27.9. The number of carbonyl (C=O) groups is 2. The maximum Gasteiger partial charge on any atom is 0.320 e. The van der Waals surface area contributed by atoms with Crippen molar-refractivity contribution in [3.63, 3.8) is 0 Å². The zero-order chi connectivity index (χ0) is 17.0. The quantitative estimate of drug-likeness (QED) is 0.782. The Morgan fingerprint density at radius 1 is 1.26 bits per heavy atom. The van der Waals surface area contributed by atoms with Gasteiger partial charge in [0.1, 0.15) is 0 Å². The molecule has 1 heterocycles. The number of esters is 1.